The third-order valence-corrected chi connectivity index (χ3v) is 5.13. The lowest BCUT2D eigenvalue weighted by Crippen LogP contribution is -2.34. The number of nitrogens with one attached hydrogen (secondary N) is 2. The first-order valence-corrected chi connectivity index (χ1v) is 9.94. The van der Waals surface area contributed by atoms with Crippen molar-refractivity contribution in [2.75, 3.05) is 30.7 Å². The number of para-hydroxylation sites is 1. The second-order valence-electron chi connectivity index (χ2n) is 7.19. The van der Waals surface area contributed by atoms with Crippen LogP contribution in [0.3, 0.4) is 0 Å². The van der Waals surface area contributed by atoms with E-state index in [1.165, 1.54) is 0 Å². The number of ether oxygens (including phenoxy) is 1. The highest BCUT2D eigenvalue weighted by molar-refractivity contribution is 5.94. The Morgan fingerprint density at radius 3 is 2.87 bits per heavy atom. The van der Waals surface area contributed by atoms with Crippen molar-refractivity contribution in [2.45, 2.75) is 6.10 Å². The van der Waals surface area contributed by atoms with E-state index in [9.17, 15) is 0 Å². The smallest absolute Gasteiger partial charge is 0.227 e. The first-order chi connectivity index (χ1) is 14.8. The Morgan fingerprint density at radius 2 is 2.00 bits per heavy atom. The second-order valence-corrected chi connectivity index (χ2v) is 7.19. The monoisotopic (exact) mass is 398 g/mol. The maximum absolute atomic E-state index is 5.99. The van der Waals surface area contributed by atoms with Gasteiger partial charge in [-0.2, -0.15) is 0 Å². The van der Waals surface area contributed by atoms with Crippen LogP contribution in [0.2, 0.25) is 0 Å². The highest BCUT2D eigenvalue weighted by atomic mass is 16.5. The van der Waals surface area contributed by atoms with Gasteiger partial charge in [0.25, 0.3) is 0 Å². The van der Waals surface area contributed by atoms with Gasteiger partial charge in [0.05, 0.1) is 23.5 Å². The fourth-order valence-electron chi connectivity index (χ4n) is 3.70. The van der Waals surface area contributed by atoms with Gasteiger partial charge in [-0.15, -0.1) is 0 Å². The summed E-state index contributed by atoms with van der Waals surface area (Å²) in [5.41, 5.74) is 11.3. The van der Waals surface area contributed by atoms with Crippen LogP contribution in [0.15, 0.2) is 67.0 Å². The summed E-state index contributed by atoms with van der Waals surface area (Å²) in [6.45, 7) is 2.24. The van der Waals surface area contributed by atoms with Crippen molar-refractivity contribution in [1.29, 1.82) is 0 Å². The Balaban J connectivity index is 1.53. The number of hydrogen-bond acceptors (Lipinski definition) is 7. The molecule has 1 atom stereocenters. The topological polar surface area (TPSA) is 98.0 Å². The third kappa shape index (κ3) is 3.68. The van der Waals surface area contributed by atoms with Crippen molar-refractivity contribution >= 4 is 28.2 Å². The van der Waals surface area contributed by atoms with Gasteiger partial charge in [0.15, 0.2) is 0 Å². The van der Waals surface area contributed by atoms with Crippen LogP contribution in [-0.4, -0.2) is 34.6 Å². The Kier molecular flexibility index (Phi) is 4.96. The van der Waals surface area contributed by atoms with E-state index in [-0.39, 0.29) is 6.10 Å². The van der Waals surface area contributed by atoms with Crippen LogP contribution in [-0.2, 0) is 4.74 Å². The summed E-state index contributed by atoms with van der Waals surface area (Å²) >= 11 is 0. The first-order valence-electron chi connectivity index (χ1n) is 9.94. The molecule has 3 heterocycles. The van der Waals surface area contributed by atoms with Gasteiger partial charge < -0.3 is 21.1 Å². The molecule has 0 bridgehead atoms. The van der Waals surface area contributed by atoms with Crippen molar-refractivity contribution < 1.29 is 4.74 Å². The number of pyridine rings is 1. The van der Waals surface area contributed by atoms with Crippen LogP contribution in [0.4, 0.5) is 17.3 Å². The zero-order valence-electron chi connectivity index (χ0n) is 16.4. The number of nitrogen functional groups attached to an aromatic ring is 1. The summed E-state index contributed by atoms with van der Waals surface area (Å²) in [7, 11) is 0. The summed E-state index contributed by atoms with van der Waals surface area (Å²) < 4.78 is 5.88. The summed E-state index contributed by atoms with van der Waals surface area (Å²) in [6.07, 6.45) is 3.50. The lowest BCUT2D eigenvalue weighted by molar-refractivity contribution is 0.0255. The van der Waals surface area contributed by atoms with Gasteiger partial charge in [0.1, 0.15) is 6.10 Å². The van der Waals surface area contributed by atoms with Gasteiger partial charge >= 0.3 is 0 Å². The third-order valence-electron chi connectivity index (χ3n) is 5.13. The molecule has 1 aliphatic rings. The normalized spacial score (nSPS) is 16.5. The summed E-state index contributed by atoms with van der Waals surface area (Å²) in [4.78, 5) is 13.9. The lowest BCUT2D eigenvalue weighted by Gasteiger charge is -2.24. The van der Waals surface area contributed by atoms with E-state index in [0.29, 0.717) is 12.6 Å². The van der Waals surface area contributed by atoms with Gasteiger partial charge in [-0.25, -0.2) is 9.97 Å². The van der Waals surface area contributed by atoms with Crippen LogP contribution in [0.1, 0.15) is 11.8 Å². The maximum Gasteiger partial charge on any atom is 0.227 e. The molecule has 2 aromatic carbocycles. The molecule has 4 N–H and O–H groups in total. The molecule has 7 heteroatoms. The van der Waals surface area contributed by atoms with Crippen LogP contribution in [0, 0.1) is 0 Å². The van der Waals surface area contributed by atoms with E-state index in [0.717, 1.165) is 52.2 Å². The molecule has 0 spiro atoms. The quantitative estimate of drug-likeness (QED) is 0.451. The van der Waals surface area contributed by atoms with Crippen molar-refractivity contribution in [3.8, 4) is 11.1 Å². The molecule has 0 saturated carbocycles. The highest BCUT2D eigenvalue weighted by Gasteiger charge is 2.20. The van der Waals surface area contributed by atoms with Gasteiger partial charge in [-0.05, 0) is 29.8 Å². The molecule has 1 fully saturated rings. The molecule has 30 heavy (non-hydrogen) atoms. The molecule has 1 saturated heterocycles. The van der Waals surface area contributed by atoms with Gasteiger partial charge in [0.2, 0.25) is 5.95 Å². The number of anilines is 3. The maximum atomic E-state index is 5.99. The molecule has 0 radical (unpaired) electrons. The van der Waals surface area contributed by atoms with Crippen LogP contribution in [0.5, 0.6) is 0 Å². The molecule has 0 aliphatic carbocycles. The predicted molar refractivity (Wildman–Crippen MR) is 118 cm³/mol. The molecule has 1 aliphatic heterocycles. The number of benzene rings is 2. The molecule has 1 unspecified atom stereocenters. The van der Waals surface area contributed by atoms with E-state index in [2.05, 4.69) is 20.6 Å². The number of morpholine rings is 1. The molecule has 150 valence electrons. The Hall–Kier alpha value is -3.55. The average molecular weight is 398 g/mol. The number of aromatic nitrogens is 3. The molecule has 0 amide bonds. The number of nitrogens with zero attached hydrogens (tertiary/aromatic N) is 3. The van der Waals surface area contributed by atoms with Crippen molar-refractivity contribution in [3.05, 3.63) is 72.7 Å². The van der Waals surface area contributed by atoms with Crippen molar-refractivity contribution in [1.82, 2.24) is 20.3 Å². The van der Waals surface area contributed by atoms with E-state index < -0.39 is 0 Å². The zero-order valence-corrected chi connectivity index (χ0v) is 16.4. The number of fused-ring (bicyclic) bond motifs is 1. The second kappa shape index (κ2) is 8.06. The van der Waals surface area contributed by atoms with Crippen molar-refractivity contribution in [2.24, 2.45) is 0 Å². The predicted octanol–water partition coefficient (Wildman–Crippen LogP) is 3.68. The van der Waals surface area contributed by atoms with Crippen LogP contribution < -0.4 is 16.4 Å². The van der Waals surface area contributed by atoms with E-state index in [1.54, 1.807) is 6.20 Å². The van der Waals surface area contributed by atoms with Gasteiger partial charge in [-0.1, -0.05) is 30.3 Å². The minimum Gasteiger partial charge on any atom is -0.399 e. The molecular formula is C23H22N6O. The molecule has 4 aromatic rings. The molecular weight excluding hydrogens is 376 g/mol. The SMILES string of the molecule is Nc1cccc(-c2cccc3cnc(Nc4cccnc4C4CNCCO4)nc23)c1. The Labute approximate surface area is 174 Å². The fourth-order valence-corrected chi connectivity index (χ4v) is 3.70. The Morgan fingerprint density at radius 1 is 1.07 bits per heavy atom. The molecule has 5 rings (SSSR count). The van der Waals surface area contributed by atoms with Crippen LogP contribution in [0.25, 0.3) is 22.0 Å². The fraction of sp³-hybridized carbons (Fsp3) is 0.174. The molecule has 7 nitrogen and oxygen atoms in total. The van der Waals surface area contributed by atoms with E-state index >= 15 is 0 Å². The largest absolute Gasteiger partial charge is 0.399 e. The minimum absolute atomic E-state index is 0.106. The standard InChI is InChI=1S/C23H22N6O/c24-17-6-1-4-15(12-17)18-7-2-5-16-13-27-23(29-21(16)18)28-19-8-3-9-26-22(19)20-14-25-10-11-30-20/h1-9,12-13,20,25H,10-11,14,24H2,(H,27,28,29). The summed E-state index contributed by atoms with van der Waals surface area (Å²) in [5, 5.41) is 7.64. The number of nitrogens with two attached hydrogens (primary N) is 1. The zero-order chi connectivity index (χ0) is 20.3. The van der Waals surface area contributed by atoms with Gasteiger partial charge in [-0.3, -0.25) is 4.98 Å². The molecule has 2 aromatic heterocycles. The lowest BCUT2D eigenvalue weighted by atomic mass is 10.0. The minimum atomic E-state index is -0.106. The Bertz CT molecular complexity index is 1190. The van der Waals surface area contributed by atoms with E-state index in [4.69, 9.17) is 15.5 Å². The number of rotatable bonds is 4. The van der Waals surface area contributed by atoms with E-state index in [1.807, 2.05) is 60.8 Å². The highest BCUT2D eigenvalue weighted by Crippen LogP contribution is 2.30. The van der Waals surface area contributed by atoms with Crippen LogP contribution >= 0.6 is 0 Å². The first kappa shape index (κ1) is 18.5. The van der Waals surface area contributed by atoms with Crippen molar-refractivity contribution in [3.63, 3.8) is 0 Å². The van der Waals surface area contributed by atoms with Gasteiger partial charge in [0, 0.05) is 42.1 Å². The number of hydrogen-bond donors (Lipinski definition) is 3. The summed E-state index contributed by atoms with van der Waals surface area (Å²) in [6, 6.07) is 17.7. The summed E-state index contributed by atoms with van der Waals surface area (Å²) in [5.74, 6) is 0.511. The average Bonchev–Trinajstić information content (AvgIpc) is 2.80.